The van der Waals surface area contributed by atoms with Crippen molar-refractivity contribution in [2.75, 3.05) is 16.8 Å². The lowest BCUT2D eigenvalue weighted by atomic mass is 10.3. The summed E-state index contributed by atoms with van der Waals surface area (Å²) in [6.07, 6.45) is -0.380. The van der Waals surface area contributed by atoms with Gasteiger partial charge in [0.2, 0.25) is 0 Å². The molecule has 0 saturated carbocycles. The molecule has 0 aliphatic carbocycles. The van der Waals surface area contributed by atoms with Crippen molar-refractivity contribution in [2.24, 2.45) is 0 Å². The van der Waals surface area contributed by atoms with Crippen molar-refractivity contribution < 1.29 is 9.53 Å². The van der Waals surface area contributed by atoms with Gasteiger partial charge >= 0.3 is 6.09 Å². The van der Waals surface area contributed by atoms with Crippen LogP contribution in [0.5, 0.6) is 0 Å². The van der Waals surface area contributed by atoms with E-state index in [0.29, 0.717) is 16.9 Å². The molecule has 3 nitrogen and oxygen atoms in total. The van der Waals surface area contributed by atoms with Crippen molar-refractivity contribution in [3.05, 3.63) is 29.3 Å². The number of alkyl halides is 1. The van der Waals surface area contributed by atoms with Gasteiger partial charge in [-0.2, -0.15) is 0 Å². The molecule has 1 aromatic rings. The summed E-state index contributed by atoms with van der Waals surface area (Å²) in [6.45, 7) is 0.575. The topological polar surface area (TPSA) is 29.5 Å². The highest BCUT2D eigenvalue weighted by atomic mass is 79.9. The quantitative estimate of drug-likeness (QED) is 0.784. The number of hydrogen-bond acceptors (Lipinski definition) is 2. The van der Waals surface area contributed by atoms with E-state index in [9.17, 15) is 4.79 Å². The van der Waals surface area contributed by atoms with Crippen LogP contribution in [0.4, 0.5) is 10.5 Å². The van der Waals surface area contributed by atoms with E-state index in [2.05, 4.69) is 15.9 Å². The second kappa shape index (κ2) is 4.41. The number of nitrogens with zero attached hydrogens (tertiary/aromatic N) is 1. The predicted molar refractivity (Wildman–Crippen MR) is 62.9 cm³/mol. The van der Waals surface area contributed by atoms with Crippen LogP contribution in [-0.2, 0) is 4.74 Å². The summed E-state index contributed by atoms with van der Waals surface area (Å²) >= 11 is 9.06. The Kier molecular flexibility index (Phi) is 3.17. The van der Waals surface area contributed by atoms with Gasteiger partial charge in [0, 0.05) is 16.0 Å². The van der Waals surface area contributed by atoms with Crippen LogP contribution in [0.3, 0.4) is 0 Å². The third kappa shape index (κ3) is 2.26. The molecule has 0 radical (unpaired) electrons. The molecule has 1 aliphatic rings. The molecule has 5 heteroatoms. The Balaban J connectivity index is 2.18. The van der Waals surface area contributed by atoms with E-state index in [4.69, 9.17) is 16.3 Å². The lowest BCUT2D eigenvalue weighted by Crippen LogP contribution is -2.24. The van der Waals surface area contributed by atoms with Crippen LogP contribution in [0.2, 0.25) is 5.02 Å². The van der Waals surface area contributed by atoms with Gasteiger partial charge < -0.3 is 4.74 Å². The van der Waals surface area contributed by atoms with Gasteiger partial charge in [-0.05, 0) is 24.3 Å². The zero-order chi connectivity index (χ0) is 10.8. The second-order valence-corrected chi connectivity index (χ2v) is 4.33. The van der Waals surface area contributed by atoms with E-state index in [-0.39, 0.29) is 12.2 Å². The zero-order valence-corrected chi connectivity index (χ0v) is 10.2. The monoisotopic (exact) mass is 289 g/mol. The molecule has 0 unspecified atom stereocenters. The lowest BCUT2D eigenvalue weighted by Gasteiger charge is -2.12. The normalized spacial score (nSPS) is 20.5. The first-order valence-electron chi connectivity index (χ1n) is 4.50. The Morgan fingerprint density at radius 2 is 2.13 bits per heavy atom. The molecule has 0 spiro atoms. The summed E-state index contributed by atoms with van der Waals surface area (Å²) in [5.41, 5.74) is 0.813. The van der Waals surface area contributed by atoms with Gasteiger partial charge in [0.05, 0.1) is 6.54 Å². The van der Waals surface area contributed by atoms with Crippen molar-refractivity contribution >= 4 is 39.3 Å². The molecule has 0 N–H and O–H groups in total. The Morgan fingerprint density at radius 1 is 1.47 bits per heavy atom. The number of benzene rings is 1. The Bertz CT molecular complexity index is 368. The smallest absolute Gasteiger partial charge is 0.414 e. The molecular weight excluding hydrogens is 281 g/mol. The molecule has 1 aromatic carbocycles. The highest BCUT2D eigenvalue weighted by Crippen LogP contribution is 2.23. The minimum Gasteiger partial charge on any atom is -0.443 e. The standard InChI is InChI=1S/C10H9BrClNO2/c11-5-9-6-13(10(14)15-9)8-3-1-7(12)2-4-8/h1-4,9H,5-6H2/t9-/m0/s1. The van der Waals surface area contributed by atoms with Gasteiger partial charge in [0.1, 0.15) is 6.10 Å². The fraction of sp³-hybridized carbons (Fsp3) is 0.300. The molecule has 0 bridgehead atoms. The predicted octanol–water partition coefficient (Wildman–Crippen LogP) is 3.06. The lowest BCUT2D eigenvalue weighted by molar-refractivity contribution is 0.152. The second-order valence-electron chi connectivity index (χ2n) is 3.25. The van der Waals surface area contributed by atoms with Crippen LogP contribution in [0.25, 0.3) is 0 Å². The highest BCUT2D eigenvalue weighted by molar-refractivity contribution is 9.09. The first-order chi connectivity index (χ1) is 7.20. The number of halogens is 2. The average molecular weight is 291 g/mol. The van der Waals surface area contributed by atoms with Gasteiger partial charge in [-0.1, -0.05) is 27.5 Å². The molecule has 2 rings (SSSR count). The van der Waals surface area contributed by atoms with Crippen molar-refractivity contribution in [1.29, 1.82) is 0 Å². The number of amides is 1. The maximum atomic E-state index is 11.5. The van der Waals surface area contributed by atoms with Crippen LogP contribution >= 0.6 is 27.5 Å². The van der Waals surface area contributed by atoms with Crippen LogP contribution in [0.1, 0.15) is 0 Å². The van der Waals surface area contributed by atoms with Crippen LogP contribution in [-0.4, -0.2) is 24.1 Å². The minimum atomic E-state index is -0.304. The van der Waals surface area contributed by atoms with E-state index in [1.165, 1.54) is 0 Å². The summed E-state index contributed by atoms with van der Waals surface area (Å²) in [6, 6.07) is 7.12. The maximum absolute atomic E-state index is 11.5. The van der Waals surface area contributed by atoms with E-state index >= 15 is 0 Å². The molecule has 1 fully saturated rings. The van der Waals surface area contributed by atoms with Crippen LogP contribution in [0.15, 0.2) is 24.3 Å². The third-order valence-corrected chi connectivity index (χ3v) is 3.16. The molecule has 15 heavy (non-hydrogen) atoms. The summed E-state index contributed by atoms with van der Waals surface area (Å²) in [5, 5.41) is 1.31. The van der Waals surface area contributed by atoms with Gasteiger partial charge in [-0.15, -0.1) is 0 Å². The van der Waals surface area contributed by atoms with Crippen molar-refractivity contribution in [2.45, 2.75) is 6.10 Å². The Morgan fingerprint density at radius 3 is 2.67 bits per heavy atom. The Hall–Kier alpha value is -0.740. The van der Waals surface area contributed by atoms with Gasteiger partial charge in [-0.25, -0.2) is 4.79 Å². The summed E-state index contributed by atoms with van der Waals surface area (Å²) in [4.78, 5) is 13.1. The molecule has 1 atom stereocenters. The molecule has 1 heterocycles. The SMILES string of the molecule is O=C1O[C@@H](CBr)CN1c1ccc(Cl)cc1. The van der Waals surface area contributed by atoms with Gasteiger partial charge in [0.25, 0.3) is 0 Å². The van der Waals surface area contributed by atoms with E-state index in [0.717, 1.165) is 5.69 Å². The maximum Gasteiger partial charge on any atom is 0.414 e. The molecular formula is C10H9BrClNO2. The molecule has 1 aliphatic heterocycles. The van der Waals surface area contributed by atoms with E-state index in [1.54, 1.807) is 29.2 Å². The van der Waals surface area contributed by atoms with Crippen LogP contribution < -0.4 is 4.90 Å². The molecule has 0 aromatic heterocycles. The number of carbonyl (C=O) groups excluding carboxylic acids is 1. The highest BCUT2D eigenvalue weighted by Gasteiger charge is 2.31. The summed E-state index contributed by atoms with van der Waals surface area (Å²) in [7, 11) is 0. The summed E-state index contributed by atoms with van der Waals surface area (Å²) in [5.74, 6) is 0. The van der Waals surface area contributed by atoms with Crippen molar-refractivity contribution in [1.82, 2.24) is 0 Å². The molecule has 1 saturated heterocycles. The van der Waals surface area contributed by atoms with E-state index in [1.807, 2.05) is 0 Å². The fourth-order valence-corrected chi connectivity index (χ4v) is 1.90. The number of hydrogen-bond donors (Lipinski definition) is 0. The number of anilines is 1. The number of carbonyl (C=O) groups is 1. The number of ether oxygens (including phenoxy) is 1. The van der Waals surface area contributed by atoms with Crippen molar-refractivity contribution in [3.63, 3.8) is 0 Å². The molecule has 80 valence electrons. The zero-order valence-electron chi connectivity index (χ0n) is 7.82. The largest absolute Gasteiger partial charge is 0.443 e. The summed E-state index contributed by atoms with van der Waals surface area (Å²) < 4.78 is 5.11. The minimum absolute atomic E-state index is 0.0758. The Labute approximate surface area is 101 Å². The molecule has 1 amide bonds. The number of cyclic esters (lactones) is 1. The fourth-order valence-electron chi connectivity index (χ4n) is 1.43. The van der Waals surface area contributed by atoms with Crippen molar-refractivity contribution in [3.8, 4) is 0 Å². The van der Waals surface area contributed by atoms with Gasteiger partial charge in [0.15, 0.2) is 0 Å². The third-order valence-electron chi connectivity index (χ3n) is 2.18. The van der Waals surface area contributed by atoms with Crippen LogP contribution in [0, 0.1) is 0 Å². The van der Waals surface area contributed by atoms with Gasteiger partial charge in [-0.3, -0.25) is 4.90 Å². The first kappa shape index (κ1) is 10.8. The average Bonchev–Trinajstić information content (AvgIpc) is 2.61. The number of rotatable bonds is 2. The first-order valence-corrected chi connectivity index (χ1v) is 6.00. The van der Waals surface area contributed by atoms with E-state index < -0.39 is 0 Å².